The van der Waals surface area contributed by atoms with Crippen molar-refractivity contribution in [2.75, 3.05) is 5.32 Å². The molecule has 0 aliphatic rings. The van der Waals surface area contributed by atoms with Gasteiger partial charge in [-0.1, -0.05) is 23.7 Å². The zero-order chi connectivity index (χ0) is 13.8. The van der Waals surface area contributed by atoms with Crippen LogP contribution in [0.5, 0.6) is 0 Å². The van der Waals surface area contributed by atoms with E-state index in [1.807, 2.05) is 18.2 Å². The Labute approximate surface area is 130 Å². The van der Waals surface area contributed by atoms with E-state index in [0.29, 0.717) is 22.8 Å². The summed E-state index contributed by atoms with van der Waals surface area (Å²) in [5, 5.41) is 3.31. The molecule has 0 spiro atoms. The lowest BCUT2D eigenvalue weighted by molar-refractivity contribution is 0.102. The summed E-state index contributed by atoms with van der Waals surface area (Å²) in [5.41, 5.74) is 7.69. The molecule has 0 heterocycles. The molecule has 0 radical (unpaired) electrons. The Kier molecular flexibility index (Phi) is 4.79. The van der Waals surface area contributed by atoms with E-state index in [0.717, 1.165) is 9.13 Å². The minimum atomic E-state index is -0.188. The molecule has 3 nitrogen and oxygen atoms in total. The molecule has 0 fully saturated rings. The Morgan fingerprint density at radius 3 is 2.47 bits per heavy atom. The average Bonchev–Trinajstić information content (AvgIpc) is 2.42. The predicted molar refractivity (Wildman–Crippen MR) is 86.5 cm³/mol. The van der Waals surface area contributed by atoms with Crippen molar-refractivity contribution in [1.82, 2.24) is 0 Å². The third-order valence-corrected chi connectivity index (χ3v) is 3.61. The number of carbonyl (C=O) groups excluding carboxylic acids is 1. The van der Waals surface area contributed by atoms with Gasteiger partial charge >= 0.3 is 0 Å². The highest BCUT2D eigenvalue weighted by Gasteiger charge is 2.08. The quantitative estimate of drug-likeness (QED) is 0.791. The van der Waals surface area contributed by atoms with Crippen LogP contribution in [0.25, 0.3) is 0 Å². The minimum Gasteiger partial charge on any atom is -0.326 e. The van der Waals surface area contributed by atoms with Crippen LogP contribution in [-0.2, 0) is 6.54 Å². The van der Waals surface area contributed by atoms with Gasteiger partial charge in [0.2, 0.25) is 0 Å². The molecule has 0 aliphatic heterocycles. The van der Waals surface area contributed by atoms with Gasteiger partial charge in [-0.2, -0.15) is 0 Å². The van der Waals surface area contributed by atoms with Crippen molar-refractivity contribution in [3.05, 3.63) is 62.2 Å². The number of benzene rings is 2. The molecule has 3 N–H and O–H groups in total. The summed E-state index contributed by atoms with van der Waals surface area (Å²) < 4.78 is 1.02. The standard InChI is InChI=1S/C14H12ClIN2O/c15-12-7-11(16)5-6-13(12)18-14(19)10-3-1-9(8-17)2-4-10/h1-7H,8,17H2,(H,18,19). The third-order valence-electron chi connectivity index (χ3n) is 2.63. The Hall–Kier alpha value is -1.11. The minimum absolute atomic E-state index is 0.188. The van der Waals surface area contributed by atoms with E-state index in [9.17, 15) is 4.79 Å². The molecule has 2 aromatic carbocycles. The van der Waals surface area contributed by atoms with Crippen molar-refractivity contribution in [3.8, 4) is 0 Å². The van der Waals surface area contributed by atoms with Crippen molar-refractivity contribution in [3.63, 3.8) is 0 Å². The van der Waals surface area contributed by atoms with Gasteiger partial charge in [-0.3, -0.25) is 4.79 Å². The van der Waals surface area contributed by atoms with Gasteiger partial charge in [0.25, 0.3) is 5.91 Å². The van der Waals surface area contributed by atoms with Gasteiger partial charge in [0.05, 0.1) is 10.7 Å². The SMILES string of the molecule is NCc1ccc(C(=O)Nc2ccc(I)cc2Cl)cc1. The van der Waals surface area contributed by atoms with Crippen LogP contribution >= 0.6 is 34.2 Å². The van der Waals surface area contributed by atoms with Crippen LogP contribution in [0.15, 0.2) is 42.5 Å². The van der Waals surface area contributed by atoms with E-state index >= 15 is 0 Å². The molecule has 0 saturated heterocycles. The Bertz CT molecular complexity index is 599. The van der Waals surface area contributed by atoms with Crippen LogP contribution in [0.4, 0.5) is 5.69 Å². The summed E-state index contributed by atoms with van der Waals surface area (Å²) in [7, 11) is 0. The van der Waals surface area contributed by atoms with Crippen molar-refractivity contribution >= 4 is 45.8 Å². The molecule has 0 aliphatic carbocycles. The topological polar surface area (TPSA) is 55.1 Å². The lowest BCUT2D eigenvalue weighted by atomic mass is 10.1. The maximum atomic E-state index is 12.0. The van der Waals surface area contributed by atoms with Crippen molar-refractivity contribution in [1.29, 1.82) is 0 Å². The van der Waals surface area contributed by atoms with Gasteiger partial charge in [-0.15, -0.1) is 0 Å². The van der Waals surface area contributed by atoms with Gasteiger partial charge in [0.1, 0.15) is 0 Å². The summed E-state index contributed by atoms with van der Waals surface area (Å²) >= 11 is 8.24. The van der Waals surface area contributed by atoms with Gasteiger partial charge in [0, 0.05) is 15.7 Å². The average molecular weight is 387 g/mol. The van der Waals surface area contributed by atoms with E-state index in [-0.39, 0.29) is 5.91 Å². The first-order valence-electron chi connectivity index (χ1n) is 5.65. The zero-order valence-electron chi connectivity index (χ0n) is 9.99. The van der Waals surface area contributed by atoms with Crippen LogP contribution in [-0.4, -0.2) is 5.91 Å². The molecule has 5 heteroatoms. The highest BCUT2D eigenvalue weighted by molar-refractivity contribution is 14.1. The number of nitrogens with one attached hydrogen (secondary N) is 1. The Morgan fingerprint density at radius 2 is 1.89 bits per heavy atom. The summed E-state index contributed by atoms with van der Waals surface area (Å²) in [6.07, 6.45) is 0. The lowest BCUT2D eigenvalue weighted by Crippen LogP contribution is -2.12. The smallest absolute Gasteiger partial charge is 0.255 e. The maximum Gasteiger partial charge on any atom is 0.255 e. The zero-order valence-corrected chi connectivity index (χ0v) is 12.9. The fourth-order valence-electron chi connectivity index (χ4n) is 1.58. The number of halogens is 2. The van der Waals surface area contributed by atoms with Gasteiger partial charge in [-0.25, -0.2) is 0 Å². The summed E-state index contributed by atoms with van der Waals surface area (Å²) in [4.78, 5) is 12.0. The number of amides is 1. The summed E-state index contributed by atoms with van der Waals surface area (Å²) in [6, 6.07) is 12.6. The highest BCUT2D eigenvalue weighted by atomic mass is 127. The second-order valence-corrected chi connectivity index (χ2v) is 5.63. The molecule has 0 atom stereocenters. The van der Waals surface area contributed by atoms with Crippen LogP contribution in [0.2, 0.25) is 5.02 Å². The second-order valence-electron chi connectivity index (χ2n) is 3.98. The highest BCUT2D eigenvalue weighted by Crippen LogP contribution is 2.24. The van der Waals surface area contributed by atoms with Crippen LogP contribution < -0.4 is 11.1 Å². The lowest BCUT2D eigenvalue weighted by Gasteiger charge is -2.08. The number of nitrogens with two attached hydrogens (primary N) is 1. The van der Waals surface area contributed by atoms with Crippen molar-refractivity contribution < 1.29 is 4.79 Å². The molecule has 98 valence electrons. The fraction of sp³-hybridized carbons (Fsp3) is 0.0714. The normalized spacial score (nSPS) is 10.3. The maximum absolute atomic E-state index is 12.0. The van der Waals surface area contributed by atoms with Crippen molar-refractivity contribution in [2.45, 2.75) is 6.54 Å². The van der Waals surface area contributed by atoms with E-state index in [1.54, 1.807) is 24.3 Å². The van der Waals surface area contributed by atoms with E-state index in [4.69, 9.17) is 17.3 Å². The third kappa shape index (κ3) is 3.68. The Balaban J connectivity index is 2.15. The van der Waals surface area contributed by atoms with Crippen LogP contribution in [0.1, 0.15) is 15.9 Å². The number of rotatable bonds is 3. The molecule has 0 saturated carbocycles. The van der Waals surface area contributed by atoms with E-state index in [1.165, 1.54) is 0 Å². The van der Waals surface area contributed by atoms with E-state index in [2.05, 4.69) is 27.9 Å². The van der Waals surface area contributed by atoms with Crippen LogP contribution in [0.3, 0.4) is 0 Å². The Morgan fingerprint density at radius 1 is 1.21 bits per heavy atom. The summed E-state index contributed by atoms with van der Waals surface area (Å²) in [5.74, 6) is -0.188. The van der Waals surface area contributed by atoms with Gasteiger partial charge in [-0.05, 0) is 58.5 Å². The van der Waals surface area contributed by atoms with Gasteiger partial charge < -0.3 is 11.1 Å². The second kappa shape index (κ2) is 6.36. The van der Waals surface area contributed by atoms with Crippen LogP contribution in [0, 0.1) is 3.57 Å². The molecule has 2 aromatic rings. The monoisotopic (exact) mass is 386 g/mol. The number of anilines is 1. The van der Waals surface area contributed by atoms with Crippen molar-refractivity contribution in [2.24, 2.45) is 5.73 Å². The molecule has 0 unspecified atom stereocenters. The predicted octanol–water partition coefficient (Wildman–Crippen LogP) is 3.66. The molecule has 19 heavy (non-hydrogen) atoms. The molecule has 2 rings (SSSR count). The first-order valence-corrected chi connectivity index (χ1v) is 7.11. The van der Waals surface area contributed by atoms with Gasteiger partial charge in [0.15, 0.2) is 0 Å². The first-order chi connectivity index (χ1) is 9.10. The largest absolute Gasteiger partial charge is 0.326 e. The molecule has 0 bridgehead atoms. The van der Waals surface area contributed by atoms with E-state index < -0.39 is 0 Å². The molecule has 1 amide bonds. The number of hydrogen-bond donors (Lipinski definition) is 2. The molecular weight excluding hydrogens is 375 g/mol. The number of carbonyl (C=O) groups is 1. The molecule has 0 aromatic heterocycles. The summed E-state index contributed by atoms with van der Waals surface area (Å²) in [6.45, 7) is 0.463. The first kappa shape index (κ1) is 14.3. The fourth-order valence-corrected chi connectivity index (χ4v) is 2.48. The number of hydrogen-bond acceptors (Lipinski definition) is 2. The molecular formula is C14H12ClIN2O.